The minimum atomic E-state index is -4.54. The quantitative estimate of drug-likeness (QED) is 0.456. The van der Waals surface area contributed by atoms with Gasteiger partial charge in [-0.1, -0.05) is 12.1 Å². The first kappa shape index (κ1) is 25.4. The zero-order chi connectivity index (χ0) is 25.6. The predicted octanol–water partition coefficient (Wildman–Crippen LogP) is 3.39. The van der Waals surface area contributed by atoms with Crippen molar-refractivity contribution in [2.45, 2.75) is 12.7 Å². The van der Waals surface area contributed by atoms with Gasteiger partial charge in [0.1, 0.15) is 0 Å². The molecule has 0 unspecified atom stereocenters. The van der Waals surface area contributed by atoms with Crippen LogP contribution in [0.1, 0.15) is 21.6 Å². The third-order valence-electron chi connectivity index (χ3n) is 4.80. The van der Waals surface area contributed by atoms with Gasteiger partial charge in [0.15, 0.2) is 23.9 Å². The first-order valence-electron chi connectivity index (χ1n) is 10.1. The van der Waals surface area contributed by atoms with Crippen molar-refractivity contribution in [3.63, 3.8) is 0 Å². The van der Waals surface area contributed by atoms with Gasteiger partial charge in [-0.15, -0.1) is 0 Å². The maximum atomic E-state index is 13.0. The minimum absolute atomic E-state index is 0.0295. The van der Waals surface area contributed by atoms with E-state index in [4.69, 9.17) is 18.9 Å². The van der Waals surface area contributed by atoms with E-state index < -0.39 is 30.2 Å². The highest BCUT2D eigenvalue weighted by molar-refractivity contribution is 5.92. The molecule has 3 aromatic rings. The van der Waals surface area contributed by atoms with Gasteiger partial charge in [0.2, 0.25) is 5.69 Å². The molecular formula is C23H22F3N3O6. The zero-order valence-electron chi connectivity index (χ0n) is 19.0. The number of carbonyl (C=O) groups excluding carboxylic acids is 2. The number of hydrogen-bond acceptors (Lipinski definition) is 7. The Kier molecular flexibility index (Phi) is 7.84. The number of carbonyl (C=O) groups is 2. The van der Waals surface area contributed by atoms with E-state index in [9.17, 15) is 22.8 Å². The van der Waals surface area contributed by atoms with E-state index in [2.05, 4.69) is 10.4 Å². The molecule has 2 aromatic carbocycles. The normalized spacial score (nSPS) is 11.0. The van der Waals surface area contributed by atoms with Gasteiger partial charge >= 0.3 is 12.1 Å². The van der Waals surface area contributed by atoms with Crippen LogP contribution in [0.2, 0.25) is 0 Å². The summed E-state index contributed by atoms with van der Waals surface area (Å²) in [5.74, 6) is -0.555. The Labute approximate surface area is 198 Å². The molecule has 1 N–H and O–H groups in total. The molecule has 12 heteroatoms. The average Bonchev–Trinajstić information content (AvgIpc) is 3.30. The number of esters is 1. The lowest BCUT2D eigenvalue weighted by atomic mass is 10.2. The van der Waals surface area contributed by atoms with Crippen LogP contribution in [0, 0.1) is 0 Å². The van der Waals surface area contributed by atoms with Crippen molar-refractivity contribution in [2.75, 3.05) is 27.9 Å². The largest absolute Gasteiger partial charge is 0.493 e. The molecule has 0 bridgehead atoms. The molecule has 0 aliphatic carbocycles. The number of benzene rings is 2. The summed E-state index contributed by atoms with van der Waals surface area (Å²) in [6.07, 6.45) is -3.30. The highest BCUT2D eigenvalue weighted by Crippen LogP contribution is 2.31. The van der Waals surface area contributed by atoms with E-state index in [1.54, 1.807) is 18.2 Å². The summed E-state index contributed by atoms with van der Waals surface area (Å²) < 4.78 is 60.5. The monoisotopic (exact) mass is 493 g/mol. The van der Waals surface area contributed by atoms with Crippen molar-refractivity contribution in [3.05, 3.63) is 65.5 Å². The lowest BCUT2D eigenvalue weighted by Gasteiger charge is -2.10. The first-order valence-corrected chi connectivity index (χ1v) is 10.1. The molecule has 1 aromatic heterocycles. The lowest BCUT2D eigenvalue weighted by Crippen LogP contribution is -2.28. The van der Waals surface area contributed by atoms with Crippen LogP contribution in [0.15, 0.2) is 48.7 Å². The van der Waals surface area contributed by atoms with Crippen LogP contribution in [-0.4, -0.2) is 49.6 Å². The lowest BCUT2D eigenvalue weighted by molar-refractivity contribution is -0.137. The smallest absolute Gasteiger partial charge is 0.416 e. The molecule has 0 aliphatic heterocycles. The van der Waals surface area contributed by atoms with Crippen LogP contribution >= 0.6 is 0 Å². The molecule has 35 heavy (non-hydrogen) atoms. The van der Waals surface area contributed by atoms with Gasteiger partial charge in [0.05, 0.1) is 38.8 Å². The predicted molar refractivity (Wildman–Crippen MR) is 117 cm³/mol. The summed E-state index contributed by atoms with van der Waals surface area (Å²) in [6.45, 7) is -0.462. The maximum absolute atomic E-state index is 13.0. The van der Waals surface area contributed by atoms with Crippen LogP contribution in [0.5, 0.6) is 17.2 Å². The van der Waals surface area contributed by atoms with E-state index in [0.717, 1.165) is 22.4 Å². The SMILES string of the molecule is COc1ccc(CNC(=O)COC(=O)c2nn(-c3cccc(C(F)(F)F)c3)cc2OC)cc1OC. The van der Waals surface area contributed by atoms with Crippen LogP contribution in [0.4, 0.5) is 13.2 Å². The summed E-state index contributed by atoms with van der Waals surface area (Å²) in [4.78, 5) is 24.6. The fraction of sp³-hybridized carbons (Fsp3) is 0.261. The van der Waals surface area contributed by atoms with Crippen molar-refractivity contribution in [3.8, 4) is 22.9 Å². The number of hydrogen-bond donors (Lipinski definition) is 1. The Morgan fingerprint density at radius 3 is 2.34 bits per heavy atom. The Morgan fingerprint density at radius 1 is 0.971 bits per heavy atom. The molecule has 0 spiro atoms. The molecule has 0 atom stereocenters. The highest BCUT2D eigenvalue weighted by Gasteiger charge is 2.31. The van der Waals surface area contributed by atoms with E-state index in [0.29, 0.717) is 11.5 Å². The third kappa shape index (κ3) is 6.22. The van der Waals surface area contributed by atoms with Gasteiger partial charge in [-0.05, 0) is 35.9 Å². The second-order valence-corrected chi connectivity index (χ2v) is 7.08. The number of nitrogens with zero attached hydrogens (tertiary/aromatic N) is 2. The van der Waals surface area contributed by atoms with Crippen molar-refractivity contribution >= 4 is 11.9 Å². The molecule has 9 nitrogen and oxygen atoms in total. The molecule has 0 radical (unpaired) electrons. The number of rotatable bonds is 9. The Hall–Kier alpha value is -4.22. The molecule has 0 saturated heterocycles. The van der Waals surface area contributed by atoms with Crippen molar-refractivity contribution in [1.29, 1.82) is 0 Å². The average molecular weight is 493 g/mol. The molecule has 0 aliphatic rings. The molecule has 3 rings (SSSR count). The number of nitrogens with one attached hydrogen (secondary N) is 1. The summed E-state index contributed by atoms with van der Waals surface area (Å²) in [5, 5.41) is 6.57. The number of halogens is 3. The first-order chi connectivity index (χ1) is 16.7. The van der Waals surface area contributed by atoms with Crippen LogP contribution in [-0.2, 0) is 22.3 Å². The molecule has 1 amide bonds. The molecular weight excluding hydrogens is 471 g/mol. The van der Waals surface area contributed by atoms with Crippen LogP contribution < -0.4 is 19.5 Å². The van der Waals surface area contributed by atoms with Gasteiger partial charge in [0.25, 0.3) is 5.91 Å². The van der Waals surface area contributed by atoms with Gasteiger partial charge < -0.3 is 24.3 Å². The van der Waals surface area contributed by atoms with Crippen molar-refractivity contribution in [1.82, 2.24) is 15.1 Å². The van der Waals surface area contributed by atoms with Crippen molar-refractivity contribution in [2.24, 2.45) is 0 Å². The topological polar surface area (TPSA) is 101 Å². The fourth-order valence-electron chi connectivity index (χ4n) is 3.05. The van der Waals surface area contributed by atoms with Gasteiger partial charge in [-0.2, -0.15) is 18.3 Å². The summed E-state index contributed by atoms with van der Waals surface area (Å²) in [5.41, 5.74) is -0.383. The van der Waals surface area contributed by atoms with Gasteiger partial charge in [-0.25, -0.2) is 9.48 Å². The van der Waals surface area contributed by atoms with E-state index in [1.807, 2.05) is 0 Å². The third-order valence-corrected chi connectivity index (χ3v) is 4.80. The molecule has 0 fully saturated rings. The van der Waals surface area contributed by atoms with Crippen LogP contribution in [0.25, 0.3) is 5.69 Å². The van der Waals surface area contributed by atoms with E-state index >= 15 is 0 Å². The second kappa shape index (κ2) is 10.8. The summed E-state index contributed by atoms with van der Waals surface area (Å²) >= 11 is 0. The Morgan fingerprint density at radius 2 is 1.69 bits per heavy atom. The number of ether oxygens (including phenoxy) is 4. The number of alkyl halides is 3. The fourth-order valence-corrected chi connectivity index (χ4v) is 3.05. The Bertz CT molecular complexity index is 1210. The standard InChI is InChI=1S/C23H22F3N3O6/c1-32-17-8-7-14(9-18(17)33-2)11-27-20(30)13-35-22(31)21-19(34-3)12-29(28-21)16-6-4-5-15(10-16)23(24,25)26/h4-10,12H,11,13H2,1-3H3,(H,27,30). The molecule has 0 saturated carbocycles. The zero-order valence-corrected chi connectivity index (χ0v) is 19.0. The number of methoxy groups -OCH3 is 3. The van der Waals surface area contributed by atoms with Crippen molar-refractivity contribution < 1.29 is 41.7 Å². The van der Waals surface area contributed by atoms with Gasteiger partial charge in [0, 0.05) is 6.54 Å². The van der Waals surface area contributed by atoms with E-state index in [-0.39, 0.29) is 23.7 Å². The highest BCUT2D eigenvalue weighted by atomic mass is 19.4. The summed E-state index contributed by atoms with van der Waals surface area (Å²) in [7, 11) is 4.26. The maximum Gasteiger partial charge on any atom is 0.416 e. The van der Waals surface area contributed by atoms with Gasteiger partial charge in [-0.3, -0.25) is 4.79 Å². The number of amides is 1. The Balaban J connectivity index is 1.63. The molecule has 1 heterocycles. The number of aromatic nitrogens is 2. The second-order valence-electron chi connectivity index (χ2n) is 7.08. The molecule has 186 valence electrons. The van der Waals surface area contributed by atoms with E-state index in [1.165, 1.54) is 39.7 Å². The van der Waals surface area contributed by atoms with Crippen LogP contribution in [0.3, 0.4) is 0 Å². The summed E-state index contributed by atoms with van der Waals surface area (Å²) in [6, 6.07) is 9.51. The minimum Gasteiger partial charge on any atom is -0.493 e.